The van der Waals surface area contributed by atoms with Crippen molar-refractivity contribution in [3.05, 3.63) is 47.7 Å². The minimum atomic E-state index is -2.47. The lowest BCUT2D eigenvalue weighted by Crippen LogP contribution is -2.39. The van der Waals surface area contributed by atoms with Crippen molar-refractivity contribution in [1.29, 1.82) is 0 Å². The number of aromatic nitrogens is 1. The molecule has 38 heavy (non-hydrogen) atoms. The molecule has 1 aromatic carbocycles. The number of alkyl halides is 2. The predicted molar refractivity (Wildman–Crippen MR) is 150 cm³/mol. The van der Waals surface area contributed by atoms with E-state index in [1.807, 2.05) is 19.9 Å². The summed E-state index contributed by atoms with van der Waals surface area (Å²) in [5, 5.41) is 3.15. The first-order valence-electron chi connectivity index (χ1n) is 14.6. The number of nitrogens with zero attached hydrogens (tertiary/aromatic N) is 2. The second-order valence-corrected chi connectivity index (χ2v) is 11.3. The molecule has 1 amide bonds. The van der Waals surface area contributed by atoms with Crippen LogP contribution in [0.3, 0.4) is 0 Å². The molecule has 0 bridgehead atoms. The third-order valence-corrected chi connectivity index (χ3v) is 8.65. The van der Waals surface area contributed by atoms with Crippen LogP contribution in [0.15, 0.2) is 36.5 Å². The highest BCUT2D eigenvalue weighted by molar-refractivity contribution is 5.99. The topological polar surface area (TPSA) is 71.2 Å². The molecule has 2 saturated carbocycles. The Morgan fingerprint density at radius 1 is 1.00 bits per heavy atom. The zero-order valence-corrected chi connectivity index (χ0v) is 23.2. The number of carbonyl (C=O) groups excluding carboxylic acids is 1. The lowest BCUT2D eigenvalue weighted by atomic mass is 9.87. The average molecular weight is 527 g/mol. The number of halogens is 2. The van der Waals surface area contributed by atoms with Gasteiger partial charge >= 0.3 is 0 Å². The number of rotatable bonds is 5. The Labute approximate surface area is 226 Å². The van der Waals surface area contributed by atoms with Crippen molar-refractivity contribution < 1.29 is 13.6 Å². The highest BCUT2D eigenvalue weighted by atomic mass is 19.3. The molecule has 5 rings (SSSR count). The molecule has 0 spiro atoms. The first kappa shape index (κ1) is 28.5. The van der Waals surface area contributed by atoms with Gasteiger partial charge < -0.3 is 11.1 Å². The second-order valence-electron chi connectivity index (χ2n) is 11.3. The summed E-state index contributed by atoms with van der Waals surface area (Å²) in [6.45, 7) is 8.17. The fraction of sp³-hybridized carbons (Fsp3) is 0.613. The Balaban J connectivity index is 0.00000164. The molecule has 3 fully saturated rings. The van der Waals surface area contributed by atoms with Gasteiger partial charge in [-0.2, -0.15) is 0 Å². The van der Waals surface area contributed by atoms with Gasteiger partial charge in [0.2, 0.25) is 5.92 Å². The van der Waals surface area contributed by atoms with Gasteiger partial charge in [0.15, 0.2) is 0 Å². The third kappa shape index (κ3) is 6.90. The zero-order valence-electron chi connectivity index (χ0n) is 23.2. The van der Waals surface area contributed by atoms with E-state index < -0.39 is 5.92 Å². The Hall–Kier alpha value is -2.54. The number of nitrogen functional groups attached to an aromatic ring is 1. The van der Waals surface area contributed by atoms with Crippen LogP contribution in [-0.4, -0.2) is 46.9 Å². The first-order chi connectivity index (χ1) is 18.3. The Kier molecular flexibility index (Phi) is 9.40. The summed E-state index contributed by atoms with van der Waals surface area (Å²) in [6, 6.07) is 10.8. The van der Waals surface area contributed by atoms with Gasteiger partial charge in [-0.25, -0.2) is 13.8 Å². The van der Waals surface area contributed by atoms with Crippen molar-refractivity contribution in [2.45, 2.75) is 102 Å². The number of carbonyl (C=O) groups is 1. The molecular formula is C31H44F2N4O. The maximum absolute atomic E-state index is 13.5. The van der Waals surface area contributed by atoms with Crippen molar-refractivity contribution in [3.63, 3.8) is 0 Å². The van der Waals surface area contributed by atoms with Gasteiger partial charge in [0.05, 0.1) is 5.56 Å². The lowest BCUT2D eigenvalue weighted by Gasteiger charge is -2.34. The minimum absolute atomic E-state index is 0.0169. The van der Waals surface area contributed by atoms with Crippen LogP contribution >= 0.6 is 0 Å². The fourth-order valence-corrected chi connectivity index (χ4v) is 6.21. The van der Waals surface area contributed by atoms with Crippen LogP contribution < -0.4 is 11.1 Å². The number of hydrogen-bond donors (Lipinski definition) is 2. The van der Waals surface area contributed by atoms with E-state index in [0.29, 0.717) is 24.3 Å². The number of anilines is 1. The summed E-state index contributed by atoms with van der Waals surface area (Å²) in [5.74, 6) is -1.22. The maximum atomic E-state index is 13.5. The maximum Gasteiger partial charge on any atom is 0.255 e. The molecule has 2 aromatic rings. The van der Waals surface area contributed by atoms with E-state index in [-0.39, 0.29) is 36.7 Å². The van der Waals surface area contributed by atoms with Gasteiger partial charge in [0.25, 0.3) is 5.91 Å². The van der Waals surface area contributed by atoms with Crippen LogP contribution in [0, 0.1) is 5.92 Å². The number of likely N-dealkylation sites (tertiary alicyclic amines) is 1. The number of nitrogens with one attached hydrogen (secondary N) is 1. The molecule has 3 aliphatic rings. The molecule has 1 aliphatic heterocycles. The monoisotopic (exact) mass is 526 g/mol. The standard InChI is InChI=1S/C29H38F2N4O.C2H6/c1-19-2-8-24(9-3-19)34-28(36)26-16-23(17-33-27(26)32)21-6-4-20(5-7-21)22-12-15-35(18-22)25-10-13-29(30,31)14-11-25;1-2/h4-7,16-17,19,22,24-25H,2-3,8-15,18H2,1H3,(H2,32,33)(H,34,36);1-2H3. The van der Waals surface area contributed by atoms with Crippen molar-refractivity contribution in [1.82, 2.24) is 15.2 Å². The Morgan fingerprint density at radius 3 is 2.32 bits per heavy atom. The molecule has 5 nitrogen and oxygen atoms in total. The number of pyridine rings is 1. The zero-order chi connectivity index (χ0) is 27.3. The number of amides is 1. The number of benzene rings is 1. The largest absolute Gasteiger partial charge is 0.383 e. The summed E-state index contributed by atoms with van der Waals surface area (Å²) in [5.41, 5.74) is 9.64. The Bertz CT molecular complexity index is 1060. The van der Waals surface area contributed by atoms with Gasteiger partial charge in [0.1, 0.15) is 5.82 Å². The van der Waals surface area contributed by atoms with E-state index in [9.17, 15) is 13.6 Å². The van der Waals surface area contributed by atoms with Gasteiger partial charge in [-0.3, -0.25) is 9.69 Å². The molecule has 7 heteroatoms. The van der Waals surface area contributed by atoms with Crippen LogP contribution in [0.5, 0.6) is 0 Å². The smallest absolute Gasteiger partial charge is 0.255 e. The van der Waals surface area contributed by atoms with E-state index in [1.165, 1.54) is 5.56 Å². The summed E-state index contributed by atoms with van der Waals surface area (Å²) in [7, 11) is 0. The highest BCUT2D eigenvalue weighted by Crippen LogP contribution is 2.38. The summed E-state index contributed by atoms with van der Waals surface area (Å²) in [4.78, 5) is 19.7. The van der Waals surface area contributed by atoms with Crippen LogP contribution in [0.1, 0.15) is 100 Å². The molecule has 2 heterocycles. The van der Waals surface area contributed by atoms with Crippen LogP contribution in [0.4, 0.5) is 14.6 Å². The molecule has 2 aliphatic carbocycles. The second kappa shape index (κ2) is 12.5. The molecule has 1 saturated heterocycles. The minimum Gasteiger partial charge on any atom is -0.383 e. The van der Waals surface area contributed by atoms with E-state index in [4.69, 9.17) is 5.73 Å². The molecular weight excluding hydrogens is 482 g/mol. The van der Waals surface area contributed by atoms with Gasteiger partial charge in [0, 0.05) is 43.2 Å². The van der Waals surface area contributed by atoms with E-state index in [1.54, 1.807) is 6.20 Å². The summed E-state index contributed by atoms with van der Waals surface area (Å²) >= 11 is 0. The Morgan fingerprint density at radius 2 is 1.66 bits per heavy atom. The van der Waals surface area contributed by atoms with Crippen LogP contribution in [0.2, 0.25) is 0 Å². The first-order valence-corrected chi connectivity index (χ1v) is 14.6. The lowest BCUT2D eigenvalue weighted by molar-refractivity contribution is -0.0516. The van der Waals surface area contributed by atoms with Crippen molar-refractivity contribution in [2.75, 3.05) is 18.8 Å². The molecule has 1 atom stereocenters. The number of nitrogens with two attached hydrogens (primary N) is 1. The van der Waals surface area contributed by atoms with Crippen LogP contribution in [-0.2, 0) is 0 Å². The summed E-state index contributed by atoms with van der Waals surface area (Å²) in [6.07, 6.45) is 8.30. The third-order valence-electron chi connectivity index (χ3n) is 8.65. The molecule has 1 aromatic heterocycles. The van der Waals surface area contributed by atoms with Crippen molar-refractivity contribution in [3.8, 4) is 11.1 Å². The average Bonchev–Trinajstić information content (AvgIpc) is 3.42. The van der Waals surface area contributed by atoms with Gasteiger partial charge in [-0.05, 0) is 80.5 Å². The van der Waals surface area contributed by atoms with E-state index in [2.05, 4.69) is 46.4 Å². The summed E-state index contributed by atoms with van der Waals surface area (Å²) < 4.78 is 27.1. The van der Waals surface area contributed by atoms with Crippen LogP contribution in [0.25, 0.3) is 11.1 Å². The van der Waals surface area contributed by atoms with E-state index >= 15 is 0 Å². The normalized spacial score (nSPS) is 25.9. The molecule has 0 radical (unpaired) electrons. The quantitative estimate of drug-likeness (QED) is 0.439. The van der Waals surface area contributed by atoms with E-state index in [0.717, 1.165) is 62.2 Å². The predicted octanol–water partition coefficient (Wildman–Crippen LogP) is 7.03. The SMILES string of the molecule is CC.CC1CCC(NC(=O)c2cc(-c3ccc(C4CCN(C5CCC(F)(F)CC5)C4)cc3)cnc2N)CC1. The highest BCUT2D eigenvalue weighted by Gasteiger charge is 2.38. The molecule has 1 unspecified atom stereocenters. The number of hydrogen-bond acceptors (Lipinski definition) is 4. The molecule has 3 N–H and O–H groups in total. The van der Waals surface area contributed by atoms with Gasteiger partial charge in [-0.15, -0.1) is 0 Å². The molecule has 208 valence electrons. The van der Waals surface area contributed by atoms with Crippen molar-refractivity contribution >= 4 is 11.7 Å². The van der Waals surface area contributed by atoms with Crippen molar-refractivity contribution in [2.24, 2.45) is 5.92 Å². The van der Waals surface area contributed by atoms with Gasteiger partial charge in [-0.1, -0.05) is 45.0 Å². The fourth-order valence-electron chi connectivity index (χ4n) is 6.21.